The van der Waals surface area contributed by atoms with Crippen molar-refractivity contribution in [2.75, 3.05) is 0 Å². The number of rotatable bonds is 2. The summed E-state index contributed by atoms with van der Waals surface area (Å²) in [4.78, 5) is 13.2. The first-order chi connectivity index (χ1) is 19.0. The van der Waals surface area contributed by atoms with Crippen LogP contribution in [0.15, 0.2) is 95.9 Å². The number of pyridine rings is 3. The molecule has 0 saturated heterocycles. The quantitative estimate of drug-likeness (QED) is 0.170. The fraction of sp³-hybridized carbons (Fsp3) is 0.114. The van der Waals surface area contributed by atoms with Gasteiger partial charge in [-0.15, -0.1) is 53.6 Å². The van der Waals surface area contributed by atoms with Gasteiger partial charge in [-0.05, 0) is 54.7 Å². The third-order valence-corrected chi connectivity index (χ3v) is 7.00. The van der Waals surface area contributed by atoms with E-state index in [-0.39, 0.29) is 20.1 Å². The topological polar surface area (TPSA) is 51.8 Å². The number of hydrogen-bond acceptors (Lipinski definition) is 4. The number of furan rings is 1. The predicted molar refractivity (Wildman–Crippen MR) is 159 cm³/mol. The summed E-state index contributed by atoms with van der Waals surface area (Å²) in [6, 6.07) is 29.0. The van der Waals surface area contributed by atoms with Crippen LogP contribution in [0, 0.1) is 39.8 Å². The normalized spacial score (nSPS) is 10.8. The minimum Gasteiger partial charge on any atom is -0.500 e. The van der Waals surface area contributed by atoms with Crippen molar-refractivity contribution < 1.29 is 24.5 Å². The van der Waals surface area contributed by atoms with Crippen LogP contribution in [0.4, 0.5) is 0 Å². The summed E-state index contributed by atoms with van der Waals surface area (Å²) in [6.07, 6.45) is 7.43. The van der Waals surface area contributed by atoms with E-state index >= 15 is 0 Å². The number of aromatic nitrogens is 3. The zero-order chi connectivity index (χ0) is 26.9. The Balaban J connectivity index is 0.000000175. The average molecular weight is 698 g/mol. The van der Waals surface area contributed by atoms with E-state index in [1.165, 1.54) is 16.7 Å². The van der Waals surface area contributed by atoms with Gasteiger partial charge in [-0.1, -0.05) is 53.8 Å². The third kappa shape index (κ3) is 5.31. The summed E-state index contributed by atoms with van der Waals surface area (Å²) in [5.41, 5.74) is 10.4. The summed E-state index contributed by atoms with van der Waals surface area (Å²) in [7, 11) is 0. The van der Waals surface area contributed by atoms with Crippen LogP contribution in [0.3, 0.4) is 0 Å². The molecule has 4 heterocycles. The molecule has 5 heteroatoms. The fourth-order valence-electron chi connectivity index (χ4n) is 4.60. The molecular formula is C35H27IrN3O-2. The third-order valence-electron chi connectivity index (χ3n) is 7.00. The van der Waals surface area contributed by atoms with Gasteiger partial charge in [-0.3, -0.25) is 4.98 Å². The second-order valence-corrected chi connectivity index (χ2v) is 9.89. The summed E-state index contributed by atoms with van der Waals surface area (Å²) in [5, 5.41) is 4.31. The number of aryl methyl sites for hydroxylation is 4. The molecule has 0 spiro atoms. The molecule has 0 aliphatic carbocycles. The van der Waals surface area contributed by atoms with Crippen molar-refractivity contribution in [2.45, 2.75) is 27.7 Å². The van der Waals surface area contributed by atoms with Gasteiger partial charge >= 0.3 is 0 Å². The predicted octanol–water partition coefficient (Wildman–Crippen LogP) is 8.78. The molecule has 0 fully saturated rings. The maximum Gasteiger partial charge on any atom is 0.130 e. The first-order valence-corrected chi connectivity index (χ1v) is 12.9. The molecule has 4 aromatic heterocycles. The van der Waals surface area contributed by atoms with E-state index < -0.39 is 0 Å². The van der Waals surface area contributed by atoms with Crippen LogP contribution < -0.4 is 0 Å². The monoisotopic (exact) mass is 698 g/mol. The molecule has 0 N–H and O–H groups in total. The van der Waals surface area contributed by atoms with Crippen LogP contribution in [0.5, 0.6) is 0 Å². The van der Waals surface area contributed by atoms with Gasteiger partial charge < -0.3 is 14.4 Å². The van der Waals surface area contributed by atoms with Gasteiger partial charge in [-0.2, -0.15) is 0 Å². The Morgan fingerprint density at radius 3 is 2.20 bits per heavy atom. The Bertz CT molecular complexity index is 1940. The van der Waals surface area contributed by atoms with Crippen LogP contribution >= 0.6 is 0 Å². The smallest absolute Gasteiger partial charge is 0.130 e. The van der Waals surface area contributed by atoms with E-state index in [2.05, 4.69) is 84.3 Å². The van der Waals surface area contributed by atoms with Crippen molar-refractivity contribution >= 4 is 32.7 Å². The maximum atomic E-state index is 6.27. The van der Waals surface area contributed by atoms with E-state index in [0.29, 0.717) is 0 Å². The number of benzene rings is 3. The Morgan fingerprint density at radius 1 is 0.650 bits per heavy atom. The van der Waals surface area contributed by atoms with Gasteiger partial charge in [0.25, 0.3) is 0 Å². The van der Waals surface area contributed by atoms with Gasteiger partial charge in [0.15, 0.2) is 0 Å². The molecule has 0 saturated carbocycles. The van der Waals surface area contributed by atoms with Crippen molar-refractivity contribution in [3.05, 3.63) is 126 Å². The van der Waals surface area contributed by atoms with Crippen LogP contribution in [0.25, 0.3) is 55.2 Å². The SMILES string of the molecule is Cc1c[c-]c(-c2cc(C)c(C)cn2)cc1.Cc1ccc(-c2[c-]ccc3c2oc2c4cnccc4ccc32)nc1.[Ir]. The second-order valence-electron chi connectivity index (χ2n) is 9.89. The molecule has 0 aliphatic rings. The van der Waals surface area contributed by atoms with Crippen molar-refractivity contribution in [1.82, 2.24) is 15.0 Å². The maximum absolute atomic E-state index is 6.27. The molecule has 1 radical (unpaired) electrons. The standard InChI is InChI=1S/C21H13N2O.C14H14N.Ir/c1-13-5-8-19(23-11-13)17-4-2-3-15-16-7-6-14-9-10-22-12-18(14)21(16)24-20(15)17;1-10-4-6-13(7-5-10)14-8-11(2)12(3)9-15-14;/h2-3,5-12H,1H3;4-6,8-9H,1-3H3;/q2*-1;. The number of nitrogens with zero attached hydrogens (tertiary/aromatic N) is 3. The fourth-order valence-corrected chi connectivity index (χ4v) is 4.60. The van der Waals surface area contributed by atoms with Crippen LogP contribution in [0.2, 0.25) is 0 Å². The van der Waals surface area contributed by atoms with E-state index in [1.54, 1.807) is 6.20 Å². The summed E-state index contributed by atoms with van der Waals surface area (Å²) in [5.74, 6) is 0. The van der Waals surface area contributed by atoms with E-state index in [0.717, 1.165) is 60.8 Å². The largest absolute Gasteiger partial charge is 0.500 e. The zero-order valence-electron chi connectivity index (χ0n) is 22.7. The summed E-state index contributed by atoms with van der Waals surface area (Å²) in [6.45, 7) is 8.27. The molecule has 3 aromatic carbocycles. The van der Waals surface area contributed by atoms with Crippen LogP contribution in [0.1, 0.15) is 22.3 Å². The molecule has 40 heavy (non-hydrogen) atoms. The summed E-state index contributed by atoms with van der Waals surface area (Å²) >= 11 is 0. The Morgan fingerprint density at radius 2 is 1.45 bits per heavy atom. The molecule has 0 unspecified atom stereocenters. The minimum atomic E-state index is 0. The van der Waals surface area contributed by atoms with Gasteiger partial charge in [-0.25, -0.2) is 0 Å². The minimum absolute atomic E-state index is 0. The van der Waals surface area contributed by atoms with Crippen molar-refractivity contribution in [3.63, 3.8) is 0 Å². The zero-order valence-corrected chi connectivity index (χ0v) is 25.1. The van der Waals surface area contributed by atoms with Crippen LogP contribution in [-0.4, -0.2) is 15.0 Å². The molecule has 0 bridgehead atoms. The van der Waals surface area contributed by atoms with E-state index in [4.69, 9.17) is 4.42 Å². The van der Waals surface area contributed by atoms with Gasteiger partial charge in [0, 0.05) is 55.7 Å². The molecule has 7 rings (SSSR count). The Hall–Kier alpha value is -4.18. The molecular weight excluding hydrogens is 671 g/mol. The first kappa shape index (κ1) is 27.4. The van der Waals surface area contributed by atoms with Crippen molar-refractivity contribution in [1.29, 1.82) is 0 Å². The van der Waals surface area contributed by atoms with E-state index in [9.17, 15) is 0 Å². The molecule has 4 nitrogen and oxygen atoms in total. The molecule has 0 amide bonds. The van der Waals surface area contributed by atoms with Crippen LogP contribution in [-0.2, 0) is 20.1 Å². The Kier molecular flexibility index (Phi) is 7.88. The molecule has 0 atom stereocenters. The Labute approximate surface area is 247 Å². The second kappa shape index (κ2) is 11.5. The number of fused-ring (bicyclic) bond motifs is 5. The van der Waals surface area contributed by atoms with Gasteiger partial charge in [0.2, 0.25) is 0 Å². The molecule has 0 aliphatic heterocycles. The van der Waals surface area contributed by atoms with Gasteiger partial charge in [0.1, 0.15) is 5.58 Å². The van der Waals surface area contributed by atoms with Crippen molar-refractivity contribution in [2.24, 2.45) is 0 Å². The molecule has 7 aromatic rings. The van der Waals surface area contributed by atoms with Crippen molar-refractivity contribution in [3.8, 4) is 22.5 Å². The number of hydrogen-bond donors (Lipinski definition) is 0. The first-order valence-electron chi connectivity index (χ1n) is 12.9. The van der Waals surface area contributed by atoms with Gasteiger partial charge in [0.05, 0.1) is 5.58 Å². The van der Waals surface area contributed by atoms with E-state index in [1.807, 2.05) is 55.8 Å². The summed E-state index contributed by atoms with van der Waals surface area (Å²) < 4.78 is 6.27. The average Bonchev–Trinajstić information content (AvgIpc) is 3.35. The molecule has 199 valence electrons.